The minimum absolute atomic E-state index is 0.0647. The molecule has 1 aliphatic carbocycles. The van der Waals surface area contributed by atoms with Crippen molar-refractivity contribution in [3.63, 3.8) is 0 Å². The highest BCUT2D eigenvalue weighted by Crippen LogP contribution is 2.59. The molecule has 0 unspecified atom stereocenters. The number of carbonyl (C=O) groups excluding carboxylic acids is 1. The summed E-state index contributed by atoms with van der Waals surface area (Å²) in [4.78, 5) is 13.9. The monoisotopic (exact) mass is 234 g/mol. The molecule has 0 bridgehead atoms. The predicted molar refractivity (Wildman–Crippen MR) is 68.1 cm³/mol. The lowest BCUT2D eigenvalue weighted by atomic mass is 10.1. The smallest absolute Gasteiger partial charge is 0.226 e. The van der Waals surface area contributed by atoms with Gasteiger partial charge in [0.1, 0.15) is 0 Å². The van der Waals surface area contributed by atoms with Crippen LogP contribution in [-0.4, -0.2) is 24.4 Å². The van der Waals surface area contributed by atoms with E-state index in [9.17, 15) is 4.79 Å². The number of carbonyl (C=O) groups is 1. The van der Waals surface area contributed by atoms with E-state index in [-0.39, 0.29) is 17.2 Å². The summed E-state index contributed by atoms with van der Waals surface area (Å²) in [5.74, 6) is 0.610. The Morgan fingerprint density at radius 2 is 2.06 bits per heavy atom. The molecule has 17 heavy (non-hydrogen) atoms. The quantitative estimate of drug-likeness (QED) is 0.702. The van der Waals surface area contributed by atoms with E-state index in [0.717, 1.165) is 0 Å². The van der Waals surface area contributed by atoms with Crippen molar-refractivity contribution in [2.24, 2.45) is 17.3 Å². The van der Waals surface area contributed by atoms with Crippen molar-refractivity contribution in [1.29, 1.82) is 5.26 Å². The van der Waals surface area contributed by atoms with Crippen molar-refractivity contribution in [3.8, 4) is 6.07 Å². The Labute approximate surface area is 104 Å². The maximum Gasteiger partial charge on any atom is 0.226 e. The second-order valence-electron chi connectivity index (χ2n) is 5.74. The predicted octanol–water partition coefficient (Wildman–Crippen LogP) is 2.60. The van der Waals surface area contributed by atoms with Crippen molar-refractivity contribution in [1.82, 2.24) is 4.90 Å². The second kappa shape index (κ2) is 4.91. The average Bonchev–Trinajstić information content (AvgIpc) is 2.75. The summed E-state index contributed by atoms with van der Waals surface area (Å²) in [6.07, 6.45) is 2.60. The van der Waals surface area contributed by atoms with E-state index in [1.807, 2.05) is 0 Å². The molecule has 1 aliphatic rings. The minimum atomic E-state index is 0.0647. The van der Waals surface area contributed by atoms with Gasteiger partial charge in [-0.15, -0.1) is 0 Å². The van der Waals surface area contributed by atoms with E-state index in [4.69, 9.17) is 5.26 Å². The van der Waals surface area contributed by atoms with Crippen molar-refractivity contribution in [2.75, 3.05) is 13.6 Å². The van der Waals surface area contributed by atoms with E-state index in [1.165, 1.54) is 5.57 Å². The van der Waals surface area contributed by atoms with E-state index >= 15 is 0 Å². The van der Waals surface area contributed by atoms with E-state index < -0.39 is 0 Å². The fourth-order valence-corrected chi connectivity index (χ4v) is 2.38. The summed E-state index contributed by atoms with van der Waals surface area (Å²) in [7, 11) is 1.79. The van der Waals surface area contributed by atoms with Crippen LogP contribution >= 0.6 is 0 Å². The van der Waals surface area contributed by atoms with Crippen LogP contribution < -0.4 is 0 Å². The molecule has 2 atom stereocenters. The lowest BCUT2D eigenvalue weighted by Crippen LogP contribution is -2.30. The summed E-state index contributed by atoms with van der Waals surface area (Å²) in [6.45, 7) is 8.93. The molecule has 3 nitrogen and oxygen atoms in total. The molecular weight excluding hydrogens is 212 g/mol. The molecule has 0 aromatic carbocycles. The molecule has 94 valence electrons. The second-order valence-corrected chi connectivity index (χ2v) is 5.74. The van der Waals surface area contributed by atoms with Crippen LogP contribution in [-0.2, 0) is 4.79 Å². The van der Waals surface area contributed by atoms with Crippen LogP contribution in [0.2, 0.25) is 0 Å². The highest BCUT2D eigenvalue weighted by atomic mass is 16.2. The van der Waals surface area contributed by atoms with Crippen LogP contribution in [0.5, 0.6) is 0 Å². The van der Waals surface area contributed by atoms with Crippen LogP contribution in [0.3, 0.4) is 0 Å². The zero-order valence-electron chi connectivity index (χ0n) is 11.4. The number of rotatable bonds is 4. The Bertz CT molecular complexity index is 372. The standard InChI is InChI=1S/C14H22N2O/c1-10(2)9-11-12(14(11,3)4)13(17)16(5)8-6-7-15/h9,11-12H,6,8H2,1-5H3/t11-,12+/m0/s1. The maximum absolute atomic E-state index is 12.2. The van der Waals surface area contributed by atoms with Crippen LogP contribution in [0.25, 0.3) is 0 Å². The average molecular weight is 234 g/mol. The molecule has 1 saturated carbocycles. The molecule has 0 radical (unpaired) electrons. The van der Waals surface area contributed by atoms with Gasteiger partial charge in [-0.25, -0.2) is 0 Å². The van der Waals surface area contributed by atoms with Crippen LogP contribution in [0.15, 0.2) is 11.6 Å². The van der Waals surface area contributed by atoms with Crippen molar-refractivity contribution in [3.05, 3.63) is 11.6 Å². The molecule has 0 heterocycles. The van der Waals surface area contributed by atoms with Gasteiger partial charge >= 0.3 is 0 Å². The topological polar surface area (TPSA) is 44.1 Å². The molecule has 1 rings (SSSR count). The summed E-state index contributed by atoms with van der Waals surface area (Å²) < 4.78 is 0. The Morgan fingerprint density at radius 3 is 2.53 bits per heavy atom. The summed E-state index contributed by atoms with van der Waals surface area (Å²) in [5.41, 5.74) is 1.33. The van der Waals surface area contributed by atoms with E-state index in [2.05, 4.69) is 39.8 Å². The maximum atomic E-state index is 12.2. The van der Waals surface area contributed by atoms with Gasteiger partial charge in [0.05, 0.1) is 18.4 Å². The van der Waals surface area contributed by atoms with Gasteiger partial charge in [-0.2, -0.15) is 5.26 Å². The number of amides is 1. The fourth-order valence-electron chi connectivity index (χ4n) is 2.38. The van der Waals surface area contributed by atoms with Crippen molar-refractivity contribution >= 4 is 5.91 Å². The first-order valence-corrected chi connectivity index (χ1v) is 6.09. The Hall–Kier alpha value is -1.30. The molecule has 0 spiro atoms. The van der Waals surface area contributed by atoms with Gasteiger partial charge in [-0.1, -0.05) is 25.5 Å². The SMILES string of the molecule is CC(C)=C[C@H]1[C@H](C(=O)N(C)CCC#N)C1(C)C. The molecular formula is C14H22N2O. The van der Waals surface area contributed by atoms with E-state index in [1.54, 1.807) is 11.9 Å². The molecule has 3 heteroatoms. The highest BCUT2D eigenvalue weighted by Gasteiger charge is 2.60. The fraction of sp³-hybridized carbons (Fsp3) is 0.714. The minimum Gasteiger partial charge on any atom is -0.344 e. The van der Waals surface area contributed by atoms with Gasteiger partial charge in [-0.3, -0.25) is 4.79 Å². The van der Waals surface area contributed by atoms with Gasteiger partial charge in [-0.05, 0) is 25.2 Å². The van der Waals surface area contributed by atoms with E-state index in [0.29, 0.717) is 18.9 Å². The Morgan fingerprint density at radius 1 is 1.47 bits per heavy atom. The molecule has 0 aliphatic heterocycles. The van der Waals surface area contributed by atoms with Gasteiger partial charge in [0.15, 0.2) is 0 Å². The summed E-state index contributed by atoms with van der Waals surface area (Å²) in [6, 6.07) is 2.07. The lowest BCUT2D eigenvalue weighted by molar-refractivity contribution is -0.132. The third-order valence-corrected chi connectivity index (χ3v) is 3.62. The lowest BCUT2D eigenvalue weighted by Gasteiger charge is -2.16. The van der Waals surface area contributed by atoms with Crippen molar-refractivity contribution < 1.29 is 4.79 Å². The summed E-state index contributed by atoms with van der Waals surface area (Å²) in [5, 5.41) is 8.53. The number of allylic oxidation sites excluding steroid dienone is 2. The molecule has 0 aromatic rings. The first-order chi connectivity index (χ1) is 7.82. The van der Waals surface area contributed by atoms with Gasteiger partial charge in [0.2, 0.25) is 5.91 Å². The molecule has 1 amide bonds. The Balaban J connectivity index is 2.66. The zero-order chi connectivity index (χ0) is 13.2. The highest BCUT2D eigenvalue weighted by molar-refractivity contribution is 5.83. The number of hydrogen-bond donors (Lipinski definition) is 0. The van der Waals surface area contributed by atoms with Gasteiger partial charge in [0, 0.05) is 13.6 Å². The first kappa shape index (κ1) is 13.8. The molecule has 0 aromatic heterocycles. The first-order valence-electron chi connectivity index (χ1n) is 6.09. The van der Waals surface area contributed by atoms with Gasteiger partial charge in [0.25, 0.3) is 0 Å². The third kappa shape index (κ3) is 2.88. The van der Waals surface area contributed by atoms with Crippen LogP contribution in [0.1, 0.15) is 34.1 Å². The number of hydrogen-bond acceptors (Lipinski definition) is 2. The third-order valence-electron chi connectivity index (χ3n) is 3.62. The number of nitriles is 1. The van der Waals surface area contributed by atoms with Gasteiger partial charge < -0.3 is 4.90 Å². The number of nitrogens with zero attached hydrogens (tertiary/aromatic N) is 2. The molecule has 0 saturated heterocycles. The molecule has 0 N–H and O–H groups in total. The Kier molecular flexibility index (Phi) is 3.98. The van der Waals surface area contributed by atoms with Crippen molar-refractivity contribution in [2.45, 2.75) is 34.1 Å². The van der Waals surface area contributed by atoms with Crippen LogP contribution in [0.4, 0.5) is 0 Å². The largest absolute Gasteiger partial charge is 0.344 e. The zero-order valence-corrected chi connectivity index (χ0v) is 11.4. The van der Waals surface area contributed by atoms with Crippen LogP contribution in [0, 0.1) is 28.6 Å². The molecule has 1 fully saturated rings. The normalized spacial score (nSPS) is 24.7. The summed E-state index contributed by atoms with van der Waals surface area (Å²) >= 11 is 0.